The fourth-order valence-corrected chi connectivity index (χ4v) is 7.22. The molecule has 2 aliphatic rings. The first-order valence-electron chi connectivity index (χ1n) is 23.7. The lowest BCUT2D eigenvalue weighted by molar-refractivity contribution is -0.109. The second-order valence-electron chi connectivity index (χ2n) is 17.0. The van der Waals surface area contributed by atoms with Crippen molar-refractivity contribution >= 4 is 18.6 Å². The van der Waals surface area contributed by atoms with Crippen LogP contribution in [0.4, 0.5) is 9.59 Å². The van der Waals surface area contributed by atoms with E-state index < -0.39 is 29.3 Å². The van der Waals surface area contributed by atoms with Crippen molar-refractivity contribution in [1.29, 1.82) is 0 Å². The molecule has 2 fully saturated rings. The molecule has 1 aromatic rings. The Balaban J connectivity index is 1.45. The van der Waals surface area contributed by atoms with Gasteiger partial charge in [0.2, 0.25) is 6.41 Å². The zero-order chi connectivity index (χ0) is 45.0. The Morgan fingerprint density at radius 3 is 1.27 bits per heavy atom. The van der Waals surface area contributed by atoms with Gasteiger partial charge in [0.05, 0.1) is 13.2 Å². The highest BCUT2D eigenvalue weighted by Crippen LogP contribution is 2.18. The number of nitrogens with zero attached hydrogens (tertiary/aromatic N) is 5. The van der Waals surface area contributed by atoms with Crippen molar-refractivity contribution in [3.05, 3.63) is 31.5 Å². The minimum Gasteiger partial charge on any atom is -0.442 e. The first kappa shape index (κ1) is 52.6. The van der Waals surface area contributed by atoms with Crippen LogP contribution in [0.5, 0.6) is 0 Å². The summed E-state index contributed by atoms with van der Waals surface area (Å²) in [6.07, 6.45) is 11.6. The van der Waals surface area contributed by atoms with Gasteiger partial charge in [0.1, 0.15) is 12.2 Å². The van der Waals surface area contributed by atoms with Crippen molar-refractivity contribution < 1.29 is 33.3 Å². The van der Waals surface area contributed by atoms with E-state index in [2.05, 4.69) is 53.4 Å². The lowest BCUT2D eigenvalue weighted by atomic mass is 10.2. The van der Waals surface area contributed by atoms with Gasteiger partial charge in [-0.2, -0.15) is 0 Å². The maximum absolute atomic E-state index is 13.6. The van der Waals surface area contributed by atoms with Gasteiger partial charge in [0.15, 0.2) is 0 Å². The van der Waals surface area contributed by atoms with E-state index in [4.69, 9.17) is 18.9 Å². The number of amides is 3. The molecule has 0 spiro atoms. The molecule has 0 bridgehead atoms. The van der Waals surface area contributed by atoms with E-state index in [9.17, 15) is 28.8 Å². The third kappa shape index (κ3) is 21.6. The monoisotopic (exact) mass is 881 g/mol. The zero-order valence-electron chi connectivity index (χ0n) is 38.4. The highest BCUT2D eigenvalue weighted by atomic mass is 16.6. The summed E-state index contributed by atoms with van der Waals surface area (Å²) >= 11 is 0. The topological polar surface area (TPSA) is 196 Å². The molecule has 18 heteroatoms. The van der Waals surface area contributed by atoms with Gasteiger partial charge < -0.3 is 34.9 Å². The average molecular weight is 881 g/mol. The predicted octanol–water partition coefficient (Wildman–Crippen LogP) is 3.83. The van der Waals surface area contributed by atoms with E-state index in [0.29, 0.717) is 110 Å². The van der Waals surface area contributed by atoms with Gasteiger partial charge in [0, 0.05) is 90.7 Å². The van der Waals surface area contributed by atoms with Gasteiger partial charge in [-0.3, -0.25) is 14.6 Å². The molecule has 2 aliphatic heterocycles. The van der Waals surface area contributed by atoms with Crippen molar-refractivity contribution in [1.82, 2.24) is 39.5 Å². The molecular weight excluding hydrogens is 801 g/mol. The third-order valence-electron chi connectivity index (χ3n) is 11.4. The summed E-state index contributed by atoms with van der Waals surface area (Å²) in [5, 5.41) is 8.32. The molecule has 3 N–H and O–H groups in total. The van der Waals surface area contributed by atoms with E-state index in [1.165, 1.54) is 13.7 Å². The number of ether oxygens (including phenoxy) is 4. The second-order valence-corrected chi connectivity index (χ2v) is 17.0. The molecule has 62 heavy (non-hydrogen) atoms. The van der Waals surface area contributed by atoms with Crippen LogP contribution in [0.15, 0.2) is 14.4 Å². The molecule has 3 rings (SSSR count). The standard InChI is InChI=1S/C44H80N8O10/c1-5-7-27-59-33-38(31-48-29-36(48)3)61-40(54)46-22-16-10-13-19-25-51-42(56)50(24-18-12-9-15-21-45-35-53)43(57)52(44(51)58)26-20-14-11-17-23-47-41(55)62-39(32-49-30-37(49)4)34-60-28-8-6-2/h35-39H,5-34H2,1-4H3,(H,45,53)(H,46,54)(H,47,55). The lowest BCUT2D eigenvalue weighted by Crippen LogP contribution is -2.54. The normalized spacial score (nSPS) is 18.8. The molecule has 18 nitrogen and oxygen atoms in total. The maximum atomic E-state index is 13.6. The fourth-order valence-electron chi connectivity index (χ4n) is 7.22. The number of carbonyl (C=O) groups excluding carboxylic acids is 3. The fraction of sp³-hybridized carbons (Fsp3) is 0.864. The van der Waals surface area contributed by atoms with Crippen LogP contribution >= 0.6 is 0 Å². The number of aromatic nitrogens is 3. The summed E-state index contributed by atoms with van der Waals surface area (Å²) in [6, 6.07) is 0.998. The van der Waals surface area contributed by atoms with Crippen LogP contribution in [0.25, 0.3) is 0 Å². The van der Waals surface area contributed by atoms with Crippen molar-refractivity contribution in [3.8, 4) is 0 Å². The third-order valence-corrected chi connectivity index (χ3v) is 11.4. The summed E-state index contributed by atoms with van der Waals surface area (Å²) in [5.74, 6) is 0. The van der Waals surface area contributed by atoms with Crippen LogP contribution in [-0.2, 0) is 43.4 Å². The molecule has 0 aliphatic carbocycles. The Hall–Kier alpha value is -3.74. The summed E-state index contributed by atoms with van der Waals surface area (Å²) in [4.78, 5) is 80.8. The smallest absolute Gasteiger partial charge is 0.407 e. The van der Waals surface area contributed by atoms with Crippen LogP contribution in [0, 0.1) is 0 Å². The van der Waals surface area contributed by atoms with Crippen LogP contribution in [0.2, 0.25) is 0 Å². The minimum absolute atomic E-state index is 0.184. The number of alkyl carbamates (subject to hydrolysis) is 2. The molecule has 3 heterocycles. The van der Waals surface area contributed by atoms with Crippen molar-refractivity contribution in [2.75, 3.05) is 72.2 Å². The van der Waals surface area contributed by atoms with E-state index in [1.54, 1.807) is 0 Å². The Morgan fingerprint density at radius 1 is 0.581 bits per heavy atom. The molecule has 1 aromatic heterocycles. The van der Waals surface area contributed by atoms with E-state index in [-0.39, 0.29) is 31.8 Å². The summed E-state index contributed by atoms with van der Waals surface area (Å²) in [7, 11) is 0. The molecule has 6 atom stereocenters. The molecular formula is C44H80N8O10. The predicted molar refractivity (Wildman–Crippen MR) is 239 cm³/mol. The van der Waals surface area contributed by atoms with E-state index in [1.807, 2.05) is 0 Å². The van der Waals surface area contributed by atoms with Gasteiger partial charge in [-0.05, 0) is 65.2 Å². The number of hydrogen-bond acceptors (Lipinski definition) is 12. The first-order valence-corrected chi connectivity index (χ1v) is 23.7. The molecule has 2 saturated heterocycles. The van der Waals surface area contributed by atoms with E-state index >= 15 is 0 Å². The van der Waals surface area contributed by atoms with Gasteiger partial charge in [-0.15, -0.1) is 0 Å². The molecule has 356 valence electrons. The van der Waals surface area contributed by atoms with Crippen molar-refractivity contribution in [3.63, 3.8) is 0 Å². The largest absolute Gasteiger partial charge is 0.442 e. The van der Waals surface area contributed by atoms with Gasteiger partial charge in [-0.25, -0.2) is 37.7 Å². The lowest BCUT2D eigenvalue weighted by Gasteiger charge is -2.19. The average Bonchev–Trinajstić information content (AvgIpc) is 4.15. The minimum atomic E-state index is -0.597. The molecule has 0 aromatic carbocycles. The van der Waals surface area contributed by atoms with E-state index in [0.717, 1.165) is 83.7 Å². The molecule has 0 saturated carbocycles. The van der Waals surface area contributed by atoms with Crippen molar-refractivity contribution in [2.24, 2.45) is 0 Å². The van der Waals surface area contributed by atoms with Crippen LogP contribution in [0.1, 0.15) is 130 Å². The van der Waals surface area contributed by atoms with Crippen LogP contribution < -0.4 is 33.0 Å². The zero-order valence-corrected chi connectivity index (χ0v) is 38.4. The Bertz CT molecular complexity index is 1500. The number of rotatable bonds is 38. The summed E-state index contributed by atoms with van der Waals surface area (Å²) in [5.41, 5.74) is -1.78. The quantitative estimate of drug-likeness (QED) is 0.0495. The molecule has 6 unspecified atom stereocenters. The molecule has 3 amide bonds. The number of carbonyl (C=O) groups is 3. The second kappa shape index (κ2) is 31.2. The van der Waals surface area contributed by atoms with Crippen LogP contribution in [0.3, 0.4) is 0 Å². The number of unbranched alkanes of at least 4 members (excludes halogenated alkanes) is 11. The summed E-state index contributed by atoms with van der Waals surface area (Å²) in [6.45, 7) is 15.9. The van der Waals surface area contributed by atoms with Crippen LogP contribution in [-0.4, -0.2) is 139 Å². The Kier molecular flexibility index (Phi) is 26.4. The van der Waals surface area contributed by atoms with Gasteiger partial charge >= 0.3 is 29.3 Å². The highest BCUT2D eigenvalue weighted by Gasteiger charge is 2.33. The van der Waals surface area contributed by atoms with Gasteiger partial charge in [0.25, 0.3) is 0 Å². The van der Waals surface area contributed by atoms with Crippen molar-refractivity contribution in [2.45, 2.75) is 174 Å². The highest BCUT2D eigenvalue weighted by molar-refractivity contribution is 5.67. The van der Waals surface area contributed by atoms with Gasteiger partial charge in [-0.1, -0.05) is 65.2 Å². The number of hydrogen-bond donors (Lipinski definition) is 3. The number of nitrogens with one attached hydrogen (secondary N) is 3. The Labute approximate surface area is 368 Å². The maximum Gasteiger partial charge on any atom is 0.407 e. The summed E-state index contributed by atoms with van der Waals surface area (Å²) < 4.78 is 26.4. The first-order chi connectivity index (χ1) is 30.1. The Morgan fingerprint density at radius 2 is 0.935 bits per heavy atom. The molecule has 0 radical (unpaired) electrons. The SMILES string of the molecule is CCCCOCC(CN1CC1C)OC(=O)NCCCCCCn1c(=O)n(CCCCCCNC=O)c(=O)n(CCCCCCNC(=O)OC(COCCCC)CN2CC2C)c1=O.